The van der Waals surface area contributed by atoms with Gasteiger partial charge in [-0.05, 0) is 77.5 Å². The topological polar surface area (TPSA) is 154 Å². The number of nitrogens with one attached hydrogen (secondary N) is 2. The number of ether oxygens (including phenoxy) is 3. The Hall–Kier alpha value is -5.23. The number of benzene rings is 3. The van der Waals surface area contributed by atoms with E-state index in [-0.39, 0.29) is 25.0 Å². The molecule has 3 atom stereocenters. The number of thioether (sulfide) groups is 1. The molecule has 3 aromatic carbocycles. The van der Waals surface area contributed by atoms with Crippen molar-refractivity contribution in [1.82, 2.24) is 10.6 Å². The second-order valence-electron chi connectivity index (χ2n) is 16.3. The van der Waals surface area contributed by atoms with Gasteiger partial charge in [0.25, 0.3) is 0 Å². The standard InChI is InChI=1S/C46H56N2O9S/c1-44(2,3)56-39(50)27-26-36(47-41(52)31-18-17-19-31)38(49)28-32(42(53)48-37(43(54)55-7)29-40(51)57-45(4,5)6)30-58-46(33-20-11-8-12-21-33,34-22-13-9-14-23-34)35-24-15-10-16-25-35/h8-16,18,20-25,32,36-37H,17,19,26-30H2,1-7H3,(H,47,52)(H,48,53)/t32-,36-,37-/m0/s1. The van der Waals surface area contributed by atoms with Gasteiger partial charge in [-0.25, -0.2) is 4.79 Å². The second kappa shape index (κ2) is 20.5. The monoisotopic (exact) mass is 812 g/mol. The number of methoxy groups -OCH3 is 1. The summed E-state index contributed by atoms with van der Waals surface area (Å²) in [5, 5.41) is 5.50. The van der Waals surface area contributed by atoms with Gasteiger partial charge in [-0.1, -0.05) is 97.1 Å². The van der Waals surface area contributed by atoms with Crippen molar-refractivity contribution in [2.75, 3.05) is 12.9 Å². The van der Waals surface area contributed by atoms with Gasteiger partial charge in [0.15, 0.2) is 5.78 Å². The van der Waals surface area contributed by atoms with Gasteiger partial charge >= 0.3 is 17.9 Å². The van der Waals surface area contributed by atoms with Crippen LogP contribution in [0.4, 0.5) is 0 Å². The Morgan fingerprint density at radius 2 is 1.16 bits per heavy atom. The average molecular weight is 813 g/mol. The molecule has 0 unspecified atom stereocenters. The highest BCUT2D eigenvalue weighted by molar-refractivity contribution is 8.00. The predicted molar refractivity (Wildman–Crippen MR) is 224 cm³/mol. The van der Waals surface area contributed by atoms with Crippen LogP contribution in [0.3, 0.4) is 0 Å². The van der Waals surface area contributed by atoms with Crippen LogP contribution in [0.25, 0.3) is 0 Å². The summed E-state index contributed by atoms with van der Waals surface area (Å²) in [4.78, 5) is 80.9. The molecule has 0 saturated carbocycles. The highest BCUT2D eigenvalue weighted by Crippen LogP contribution is 2.49. The average Bonchev–Trinajstić information content (AvgIpc) is 3.14. The molecule has 0 fully saturated rings. The summed E-state index contributed by atoms with van der Waals surface area (Å²) in [7, 11) is 1.15. The fraction of sp³-hybridized carbons (Fsp3) is 0.435. The number of hydrogen-bond acceptors (Lipinski definition) is 10. The maximum absolute atomic E-state index is 14.5. The molecule has 310 valence electrons. The van der Waals surface area contributed by atoms with Crippen molar-refractivity contribution in [2.24, 2.45) is 5.92 Å². The van der Waals surface area contributed by atoms with Crippen LogP contribution in [-0.4, -0.2) is 71.7 Å². The Bertz CT molecular complexity index is 1820. The number of ketones is 1. The minimum absolute atomic E-state index is 0.0501. The highest BCUT2D eigenvalue weighted by atomic mass is 32.2. The van der Waals surface area contributed by atoms with E-state index in [0.29, 0.717) is 12.0 Å². The van der Waals surface area contributed by atoms with Crippen molar-refractivity contribution in [2.45, 2.75) is 108 Å². The predicted octanol–water partition coefficient (Wildman–Crippen LogP) is 7.00. The molecular formula is C46H56N2O9S. The zero-order valence-electron chi connectivity index (χ0n) is 34.5. The van der Waals surface area contributed by atoms with Crippen molar-refractivity contribution in [1.29, 1.82) is 0 Å². The van der Waals surface area contributed by atoms with Crippen LogP contribution in [0.15, 0.2) is 103 Å². The lowest BCUT2D eigenvalue weighted by Crippen LogP contribution is -2.48. The first-order chi connectivity index (χ1) is 27.4. The minimum atomic E-state index is -1.41. The van der Waals surface area contributed by atoms with Gasteiger partial charge in [-0.2, -0.15) is 0 Å². The molecule has 1 aliphatic rings. The van der Waals surface area contributed by atoms with E-state index < -0.39 is 75.9 Å². The minimum Gasteiger partial charge on any atom is -0.467 e. The summed E-state index contributed by atoms with van der Waals surface area (Å²) < 4.78 is 15.0. The van der Waals surface area contributed by atoms with Crippen LogP contribution in [-0.2, 0) is 47.7 Å². The summed E-state index contributed by atoms with van der Waals surface area (Å²) in [6, 6.07) is 27.0. The van der Waals surface area contributed by atoms with Crippen LogP contribution in [0.1, 0.15) is 96.8 Å². The Morgan fingerprint density at radius 3 is 1.59 bits per heavy atom. The smallest absolute Gasteiger partial charge is 0.328 e. The maximum Gasteiger partial charge on any atom is 0.328 e. The molecule has 0 heterocycles. The van der Waals surface area contributed by atoms with Gasteiger partial charge in [-0.3, -0.25) is 24.0 Å². The lowest BCUT2D eigenvalue weighted by Gasteiger charge is -2.36. The van der Waals surface area contributed by atoms with E-state index in [1.54, 1.807) is 47.6 Å². The third-order valence-electron chi connectivity index (χ3n) is 9.30. The van der Waals surface area contributed by atoms with E-state index in [2.05, 4.69) is 10.6 Å². The third-order valence-corrected chi connectivity index (χ3v) is 11.0. The van der Waals surface area contributed by atoms with E-state index in [0.717, 1.165) is 30.2 Å². The Labute approximate surface area is 346 Å². The molecule has 2 N–H and O–H groups in total. The molecule has 58 heavy (non-hydrogen) atoms. The molecule has 11 nitrogen and oxygen atoms in total. The molecule has 4 rings (SSSR count). The number of amides is 2. The molecule has 3 aromatic rings. The molecule has 0 saturated heterocycles. The molecule has 0 aromatic heterocycles. The van der Waals surface area contributed by atoms with Crippen LogP contribution in [0.2, 0.25) is 0 Å². The molecule has 0 bridgehead atoms. The quantitative estimate of drug-likeness (QED) is 0.0735. The number of hydrogen-bond donors (Lipinski definition) is 2. The van der Waals surface area contributed by atoms with Crippen molar-refractivity contribution < 1.29 is 43.0 Å². The van der Waals surface area contributed by atoms with Gasteiger partial charge in [0.2, 0.25) is 11.8 Å². The number of rotatable bonds is 19. The van der Waals surface area contributed by atoms with Gasteiger partial charge in [0.05, 0.1) is 30.2 Å². The summed E-state index contributed by atoms with van der Waals surface area (Å²) >= 11 is 1.45. The molecule has 0 radical (unpaired) electrons. The number of Topliss-reactive ketones (excluding diaryl/α,β-unsaturated/α-hetero) is 1. The summed E-state index contributed by atoms with van der Waals surface area (Å²) in [5.74, 6) is -4.74. The first-order valence-electron chi connectivity index (χ1n) is 19.6. The van der Waals surface area contributed by atoms with Crippen molar-refractivity contribution in [3.63, 3.8) is 0 Å². The Balaban J connectivity index is 1.75. The summed E-state index contributed by atoms with van der Waals surface area (Å²) in [5.41, 5.74) is 1.72. The van der Waals surface area contributed by atoms with E-state index >= 15 is 0 Å². The SMILES string of the molecule is COC(=O)[C@H](CC(=O)OC(C)(C)C)NC(=O)[C@H](CSC(c1ccccc1)(c1ccccc1)c1ccccc1)CC(=O)[C@H](CCC(=O)OC(C)(C)C)NC(=O)C1=CCC1. The van der Waals surface area contributed by atoms with E-state index in [4.69, 9.17) is 14.2 Å². The number of carbonyl (C=O) groups excluding carboxylic acids is 6. The number of carbonyl (C=O) groups is 6. The van der Waals surface area contributed by atoms with Gasteiger partial charge < -0.3 is 24.8 Å². The molecule has 0 aliphatic heterocycles. The van der Waals surface area contributed by atoms with Crippen molar-refractivity contribution >= 4 is 47.3 Å². The van der Waals surface area contributed by atoms with Crippen molar-refractivity contribution in [3.05, 3.63) is 119 Å². The lowest BCUT2D eigenvalue weighted by molar-refractivity contribution is -0.159. The highest BCUT2D eigenvalue weighted by Gasteiger charge is 2.40. The van der Waals surface area contributed by atoms with Crippen molar-refractivity contribution in [3.8, 4) is 0 Å². The maximum atomic E-state index is 14.5. The summed E-state index contributed by atoms with van der Waals surface area (Å²) in [6.45, 7) is 10.3. The van der Waals surface area contributed by atoms with Gasteiger partial charge in [0.1, 0.15) is 17.2 Å². The Morgan fingerprint density at radius 1 is 0.672 bits per heavy atom. The molecule has 2 amide bonds. The van der Waals surface area contributed by atoms with Crippen LogP contribution in [0, 0.1) is 5.92 Å². The Kier molecular flexibility index (Phi) is 16.0. The number of allylic oxidation sites excluding steroid dienone is 1. The van der Waals surface area contributed by atoms with E-state index in [1.807, 2.05) is 91.0 Å². The normalized spacial score (nSPS) is 14.4. The lowest BCUT2D eigenvalue weighted by atomic mass is 9.84. The molecular weight excluding hydrogens is 757 g/mol. The van der Waals surface area contributed by atoms with Gasteiger partial charge in [0, 0.05) is 24.2 Å². The van der Waals surface area contributed by atoms with Crippen LogP contribution < -0.4 is 10.6 Å². The fourth-order valence-corrected chi connectivity index (χ4v) is 8.12. The van der Waals surface area contributed by atoms with Gasteiger partial charge in [-0.15, -0.1) is 11.8 Å². The summed E-state index contributed by atoms with van der Waals surface area (Å²) in [6.07, 6.45) is 2.01. The fourth-order valence-electron chi connectivity index (χ4n) is 6.50. The molecule has 0 spiro atoms. The largest absolute Gasteiger partial charge is 0.467 e. The number of esters is 3. The van der Waals surface area contributed by atoms with E-state index in [9.17, 15) is 28.8 Å². The third kappa shape index (κ3) is 13.2. The van der Waals surface area contributed by atoms with Crippen LogP contribution in [0.5, 0.6) is 0 Å². The van der Waals surface area contributed by atoms with E-state index in [1.165, 1.54) is 11.8 Å². The second-order valence-corrected chi connectivity index (χ2v) is 17.5. The van der Waals surface area contributed by atoms with Crippen LogP contribution >= 0.6 is 11.8 Å². The first kappa shape index (κ1) is 45.5. The zero-order chi connectivity index (χ0) is 42.5. The zero-order valence-corrected chi connectivity index (χ0v) is 35.3. The first-order valence-corrected chi connectivity index (χ1v) is 20.6. The molecule has 12 heteroatoms. The molecule has 1 aliphatic carbocycles.